The minimum Gasteiger partial charge on any atom is -0.399 e. The molecule has 64 valence electrons. The molecule has 0 amide bonds. The fraction of sp³-hybridized carbons (Fsp3) is 0.222. The fourth-order valence-electron chi connectivity index (χ4n) is 0.860. The summed E-state index contributed by atoms with van der Waals surface area (Å²) < 4.78 is 12.7. The number of rotatable bonds is 2. The highest BCUT2D eigenvalue weighted by molar-refractivity contribution is 5.81. The van der Waals surface area contributed by atoms with Crippen LogP contribution in [0.4, 0.5) is 4.39 Å². The third-order valence-corrected chi connectivity index (χ3v) is 1.54. The monoisotopic (exact) mass is 167 g/mol. The number of nitrogens with zero attached hydrogens (tertiary/aromatic N) is 1. The van der Waals surface area contributed by atoms with E-state index in [2.05, 4.69) is 9.99 Å². The number of halogens is 1. The number of hydrogen-bond acceptors (Lipinski definition) is 2. The molecule has 1 aromatic carbocycles. The van der Waals surface area contributed by atoms with Crippen molar-refractivity contribution in [3.63, 3.8) is 0 Å². The van der Waals surface area contributed by atoms with Gasteiger partial charge in [0.1, 0.15) is 12.9 Å². The number of hydrogen-bond donors (Lipinski definition) is 0. The highest BCUT2D eigenvalue weighted by atomic mass is 19.1. The number of aryl methyl sites for hydroxylation is 1. The predicted molar refractivity (Wildman–Crippen MR) is 45.7 cm³/mol. The van der Waals surface area contributed by atoms with Gasteiger partial charge in [-0.15, -0.1) is 0 Å². The minimum atomic E-state index is -0.266. The molecule has 0 atom stereocenters. The molecule has 0 aliphatic carbocycles. The fourth-order valence-corrected chi connectivity index (χ4v) is 0.860. The maximum Gasteiger partial charge on any atom is 0.123 e. The van der Waals surface area contributed by atoms with Gasteiger partial charge in [0.15, 0.2) is 0 Å². The molecule has 0 aliphatic rings. The number of benzene rings is 1. The van der Waals surface area contributed by atoms with Crippen molar-refractivity contribution in [1.82, 2.24) is 0 Å². The van der Waals surface area contributed by atoms with Crippen LogP contribution in [0.2, 0.25) is 0 Å². The molecule has 0 N–H and O–H groups in total. The van der Waals surface area contributed by atoms with E-state index in [0.717, 1.165) is 11.1 Å². The molecule has 0 heterocycles. The Morgan fingerprint density at radius 3 is 2.92 bits per heavy atom. The van der Waals surface area contributed by atoms with Crippen LogP contribution in [0, 0.1) is 12.7 Å². The molecule has 0 aromatic heterocycles. The van der Waals surface area contributed by atoms with E-state index in [0.29, 0.717) is 0 Å². The summed E-state index contributed by atoms with van der Waals surface area (Å²) in [5.74, 6) is -0.266. The van der Waals surface area contributed by atoms with Gasteiger partial charge >= 0.3 is 0 Å². The molecule has 0 radical (unpaired) electrons. The van der Waals surface area contributed by atoms with E-state index in [4.69, 9.17) is 0 Å². The van der Waals surface area contributed by atoms with Crippen molar-refractivity contribution in [2.75, 3.05) is 7.11 Å². The van der Waals surface area contributed by atoms with E-state index < -0.39 is 0 Å². The SMILES string of the molecule is CO/N=C/c1cc(F)ccc1C. The highest BCUT2D eigenvalue weighted by Gasteiger charge is 1.96. The first-order chi connectivity index (χ1) is 5.74. The van der Waals surface area contributed by atoms with Crippen LogP contribution in [0.15, 0.2) is 23.4 Å². The van der Waals surface area contributed by atoms with Gasteiger partial charge in [0.2, 0.25) is 0 Å². The predicted octanol–water partition coefficient (Wildman–Crippen LogP) is 2.11. The average molecular weight is 167 g/mol. The summed E-state index contributed by atoms with van der Waals surface area (Å²) >= 11 is 0. The first kappa shape index (κ1) is 8.71. The third kappa shape index (κ3) is 2.05. The maximum atomic E-state index is 12.7. The van der Waals surface area contributed by atoms with Crippen molar-refractivity contribution in [2.45, 2.75) is 6.92 Å². The summed E-state index contributed by atoms with van der Waals surface area (Å²) in [6.45, 7) is 1.89. The van der Waals surface area contributed by atoms with Crippen molar-refractivity contribution in [3.8, 4) is 0 Å². The maximum absolute atomic E-state index is 12.7. The molecule has 0 saturated carbocycles. The molecule has 0 fully saturated rings. The van der Waals surface area contributed by atoms with E-state index in [1.165, 1.54) is 25.5 Å². The lowest BCUT2D eigenvalue weighted by atomic mass is 10.1. The molecule has 0 unspecified atom stereocenters. The van der Waals surface area contributed by atoms with Crippen LogP contribution < -0.4 is 0 Å². The van der Waals surface area contributed by atoms with E-state index in [1.54, 1.807) is 6.07 Å². The Morgan fingerprint density at radius 1 is 1.50 bits per heavy atom. The Balaban J connectivity index is 2.97. The second kappa shape index (κ2) is 3.85. The van der Waals surface area contributed by atoms with Crippen molar-refractivity contribution >= 4 is 6.21 Å². The van der Waals surface area contributed by atoms with Crippen LogP contribution in [-0.4, -0.2) is 13.3 Å². The molecular weight excluding hydrogens is 157 g/mol. The van der Waals surface area contributed by atoms with Crippen LogP contribution in [0.3, 0.4) is 0 Å². The molecule has 0 saturated heterocycles. The van der Waals surface area contributed by atoms with Gasteiger partial charge < -0.3 is 4.84 Å². The molecule has 3 heteroatoms. The van der Waals surface area contributed by atoms with Gasteiger partial charge in [-0.3, -0.25) is 0 Å². The zero-order chi connectivity index (χ0) is 8.97. The Kier molecular flexibility index (Phi) is 2.80. The Bertz CT molecular complexity index is 297. The van der Waals surface area contributed by atoms with Gasteiger partial charge in [0.05, 0.1) is 6.21 Å². The zero-order valence-electron chi connectivity index (χ0n) is 7.04. The van der Waals surface area contributed by atoms with Gasteiger partial charge in [0, 0.05) is 5.56 Å². The summed E-state index contributed by atoms with van der Waals surface area (Å²) in [6, 6.07) is 4.53. The summed E-state index contributed by atoms with van der Waals surface area (Å²) in [5.41, 5.74) is 1.70. The quantitative estimate of drug-likeness (QED) is 0.488. The number of oxime groups is 1. The van der Waals surface area contributed by atoms with Crippen LogP contribution in [0.1, 0.15) is 11.1 Å². The Hall–Kier alpha value is -1.38. The van der Waals surface area contributed by atoms with Crippen LogP contribution in [0.5, 0.6) is 0 Å². The topological polar surface area (TPSA) is 21.6 Å². The Morgan fingerprint density at radius 2 is 2.25 bits per heavy atom. The summed E-state index contributed by atoms with van der Waals surface area (Å²) in [7, 11) is 1.45. The molecule has 2 nitrogen and oxygen atoms in total. The van der Waals surface area contributed by atoms with E-state index >= 15 is 0 Å². The van der Waals surface area contributed by atoms with Crippen LogP contribution >= 0.6 is 0 Å². The second-order valence-corrected chi connectivity index (χ2v) is 2.42. The third-order valence-electron chi connectivity index (χ3n) is 1.54. The molecule has 1 aromatic rings. The van der Waals surface area contributed by atoms with Crippen molar-refractivity contribution < 1.29 is 9.23 Å². The zero-order valence-corrected chi connectivity index (χ0v) is 7.04. The highest BCUT2D eigenvalue weighted by Crippen LogP contribution is 2.07. The van der Waals surface area contributed by atoms with Gasteiger partial charge in [-0.2, -0.15) is 0 Å². The van der Waals surface area contributed by atoms with Gasteiger partial charge in [-0.25, -0.2) is 4.39 Å². The first-order valence-corrected chi connectivity index (χ1v) is 3.56. The second-order valence-electron chi connectivity index (χ2n) is 2.42. The molecule has 1 rings (SSSR count). The van der Waals surface area contributed by atoms with Crippen molar-refractivity contribution in [3.05, 3.63) is 35.1 Å². The van der Waals surface area contributed by atoms with E-state index in [9.17, 15) is 4.39 Å². The summed E-state index contributed by atoms with van der Waals surface area (Å²) in [6.07, 6.45) is 1.48. The lowest BCUT2D eigenvalue weighted by molar-refractivity contribution is 0.215. The van der Waals surface area contributed by atoms with Crippen molar-refractivity contribution in [1.29, 1.82) is 0 Å². The minimum absolute atomic E-state index is 0.266. The molecule has 0 aliphatic heterocycles. The summed E-state index contributed by atoms with van der Waals surface area (Å²) in [5, 5.41) is 3.55. The van der Waals surface area contributed by atoms with Crippen LogP contribution in [-0.2, 0) is 4.84 Å². The molecular formula is C9H10FNO. The van der Waals surface area contributed by atoms with Crippen molar-refractivity contribution in [2.24, 2.45) is 5.16 Å². The summed E-state index contributed by atoms with van der Waals surface area (Å²) in [4.78, 5) is 4.49. The van der Waals surface area contributed by atoms with E-state index in [-0.39, 0.29) is 5.82 Å². The molecule has 0 bridgehead atoms. The van der Waals surface area contributed by atoms with Gasteiger partial charge in [-0.1, -0.05) is 11.2 Å². The standard InChI is InChI=1S/C9H10FNO/c1-7-3-4-9(10)5-8(7)6-11-12-2/h3-6H,1-2H3/b11-6+. The smallest absolute Gasteiger partial charge is 0.123 e. The largest absolute Gasteiger partial charge is 0.399 e. The first-order valence-electron chi connectivity index (χ1n) is 3.56. The van der Waals surface area contributed by atoms with Gasteiger partial charge in [0.25, 0.3) is 0 Å². The van der Waals surface area contributed by atoms with Crippen LogP contribution in [0.25, 0.3) is 0 Å². The van der Waals surface area contributed by atoms with Gasteiger partial charge in [-0.05, 0) is 24.6 Å². The average Bonchev–Trinajstić information content (AvgIpc) is 2.07. The Labute approximate surface area is 70.7 Å². The molecule has 0 spiro atoms. The molecule has 12 heavy (non-hydrogen) atoms. The normalized spacial score (nSPS) is 10.6. The lowest BCUT2D eigenvalue weighted by Crippen LogP contribution is -1.88. The lowest BCUT2D eigenvalue weighted by Gasteiger charge is -1.97. The van der Waals surface area contributed by atoms with E-state index in [1.807, 2.05) is 6.92 Å².